The molecule has 5 rings (SSSR count). The molecule has 4 nitrogen and oxygen atoms in total. The Hall–Kier alpha value is -2.28. The summed E-state index contributed by atoms with van der Waals surface area (Å²) in [4.78, 5) is 14.1. The van der Waals surface area contributed by atoms with E-state index in [1.165, 1.54) is 6.07 Å². The summed E-state index contributed by atoms with van der Waals surface area (Å²) >= 11 is 0. The maximum Gasteiger partial charge on any atom is 0.420 e. The van der Waals surface area contributed by atoms with Crippen LogP contribution in [0.15, 0.2) is 30.3 Å². The molecule has 3 aliphatic rings. The summed E-state index contributed by atoms with van der Waals surface area (Å²) < 4.78 is 49.0. The number of benzene rings is 2. The Morgan fingerprint density at radius 3 is 2.32 bits per heavy atom. The van der Waals surface area contributed by atoms with Crippen LogP contribution in [-0.4, -0.2) is 34.2 Å². The van der Waals surface area contributed by atoms with Gasteiger partial charge >= 0.3 is 12.1 Å². The normalized spacial score (nSPS) is 29.7. The van der Waals surface area contributed by atoms with Gasteiger partial charge in [0.1, 0.15) is 11.3 Å². The Labute approximate surface area is 217 Å². The molecule has 1 N–H and O–H groups in total. The molecule has 2 heterocycles. The number of aliphatic carboxylic acids is 1. The van der Waals surface area contributed by atoms with Crippen molar-refractivity contribution in [3.63, 3.8) is 0 Å². The van der Waals surface area contributed by atoms with Crippen molar-refractivity contribution in [3.05, 3.63) is 41.5 Å². The second-order valence-corrected chi connectivity index (χ2v) is 11.5. The van der Waals surface area contributed by atoms with Crippen molar-refractivity contribution in [2.45, 2.75) is 108 Å². The zero-order valence-corrected chi connectivity index (χ0v) is 21.8. The molecule has 3 fully saturated rings. The lowest BCUT2D eigenvalue weighted by atomic mass is 9.77. The molecule has 7 heteroatoms. The van der Waals surface area contributed by atoms with Crippen LogP contribution < -0.4 is 4.74 Å². The van der Waals surface area contributed by atoms with E-state index in [-0.39, 0.29) is 41.3 Å². The molecule has 3 atom stereocenters. The van der Waals surface area contributed by atoms with E-state index in [0.29, 0.717) is 24.1 Å². The van der Waals surface area contributed by atoms with Crippen molar-refractivity contribution in [1.82, 2.24) is 4.90 Å². The van der Waals surface area contributed by atoms with Gasteiger partial charge in [-0.05, 0) is 92.7 Å². The predicted octanol–water partition coefficient (Wildman–Crippen LogP) is 7.98. The van der Waals surface area contributed by atoms with Crippen molar-refractivity contribution in [1.29, 1.82) is 0 Å². The van der Waals surface area contributed by atoms with Crippen molar-refractivity contribution in [2.75, 3.05) is 0 Å². The van der Waals surface area contributed by atoms with Crippen LogP contribution in [-0.2, 0) is 11.0 Å². The maximum atomic E-state index is 14.3. The van der Waals surface area contributed by atoms with Gasteiger partial charge in [-0.25, -0.2) is 0 Å². The number of carboxylic acids is 1. The van der Waals surface area contributed by atoms with Gasteiger partial charge in [-0.15, -0.1) is 0 Å². The van der Waals surface area contributed by atoms with Gasteiger partial charge < -0.3 is 9.84 Å². The fourth-order valence-electron chi connectivity index (χ4n) is 7.24. The molecule has 0 spiro atoms. The molecule has 1 aliphatic carbocycles. The number of carbonyl (C=O) groups is 1. The van der Waals surface area contributed by atoms with E-state index < -0.39 is 17.7 Å². The van der Waals surface area contributed by atoms with Crippen LogP contribution in [0.4, 0.5) is 13.2 Å². The number of fused-ring (bicyclic) bond motifs is 3. The first-order chi connectivity index (χ1) is 17.7. The summed E-state index contributed by atoms with van der Waals surface area (Å²) in [5.41, 5.74) is 0.291. The smallest absolute Gasteiger partial charge is 0.420 e. The van der Waals surface area contributed by atoms with Crippen LogP contribution in [0, 0.1) is 11.8 Å². The van der Waals surface area contributed by atoms with Gasteiger partial charge in [0.05, 0.1) is 12.0 Å². The fourth-order valence-corrected chi connectivity index (χ4v) is 7.24. The van der Waals surface area contributed by atoms with E-state index in [9.17, 15) is 23.1 Å². The third-order valence-corrected chi connectivity index (χ3v) is 9.26. The van der Waals surface area contributed by atoms with Gasteiger partial charge in [-0.1, -0.05) is 38.0 Å². The predicted molar refractivity (Wildman–Crippen MR) is 138 cm³/mol. The first kappa shape index (κ1) is 26.3. The van der Waals surface area contributed by atoms with Crippen LogP contribution in [0.2, 0.25) is 0 Å². The van der Waals surface area contributed by atoms with E-state index in [0.717, 1.165) is 56.9 Å². The first-order valence-electron chi connectivity index (χ1n) is 14.0. The number of carboxylic acid groups (broad SMARTS) is 1. The lowest BCUT2D eigenvalue weighted by Gasteiger charge is -2.51. The average molecular weight is 518 g/mol. The minimum Gasteiger partial charge on any atom is -0.490 e. The van der Waals surface area contributed by atoms with Crippen molar-refractivity contribution < 1.29 is 27.8 Å². The summed E-state index contributed by atoms with van der Waals surface area (Å²) in [5, 5.41) is 10.3. The Morgan fingerprint density at radius 2 is 1.73 bits per heavy atom. The van der Waals surface area contributed by atoms with Crippen molar-refractivity contribution >= 4 is 16.7 Å². The number of hydrogen-bond acceptors (Lipinski definition) is 3. The number of alkyl halides is 3. The van der Waals surface area contributed by atoms with Gasteiger partial charge in [0.25, 0.3) is 0 Å². The summed E-state index contributed by atoms with van der Waals surface area (Å²) in [7, 11) is 0. The van der Waals surface area contributed by atoms with Crippen LogP contribution >= 0.6 is 0 Å². The van der Waals surface area contributed by atoms with Crippen LogP contribution in [0.25, 0.3) is 10.8 Å². The highest BCUT2D eigenvalue weighted by atomic mass is 19.4. The first-order valence-corrected chi connectivity index (χ1v) is 14.0. The molecule has 1 saturated carbocycles. The largest absolute Gasteiger partial charge is 0.490 e. The Balaban J connectivity index is 1.42. The molecule has 2 aromatic rings. The standard InChI is InChI=1S/C30H38F3NO3/c1-3-19-7-11-25(12-8-19)37-27-14-10-21-15-20(9-13-26(21)28(27)30(31,32)33)18(2)34-23-5-4-6-24(34)17-22(16-23)29(35)36/h9-10,13-15,18-19,22-25H,3-8,11-12,16-17H2,1-2H3,(H,35,36)/t18-,19-,22?,23?,24?,25+/m0/s1. The minimum absolute atomic E-state index is 0.00783. The second kappa shape index (κ2) is 10.5. The van der Waals surface area contributed by atoms with E-state index in [1.54, 1.807) is 12.1 Å². The number of ether oxygens (including phenoxy) is 1. The van der Waals surface area contributed by atoms with Gasteiger partial charge in [0, 0.05) is 18.1 Å². The Kier molecular flexibility index (Phi) is 7.45. The fraction of sp³-hybridized carbons (Fsp3) is 0.633. The van der Waals surface area contributed by atoms with E-state index in [4.69, 9.17) is 4.74 Å². The molecule has 202 valence electrons. The molecule has 0 aromatic heterocycles. The maximum absolute atomic E-state index is 14.3. The molecule has 2 aromatic carbocycles. The van der Waals surface area contributed by atoms with Crippen LogP contribution in [0.5, 0.6) is 5.75 Å². The summed E-state index contributed by atoms with van der Waals surface area (Å²) in [6.45, 7) is 4.26. The molecule has 2 bridgehead atoms. The zero-order chi connectivity index (χ0) is 26.3. The second-order valence-electron chi connectivity index (χ2n) is 11.5. The lowest BCUT2D eigenvalue weighted by molar-refractivity contribution is -0.147. The molecular weight excluding hydrogens is 479 g/mol. The highest BCUT2D eigenvalue weighted by molar-refractivity contribution is 5.89. The van der Waals surface area contributed by atoms with E-state index in [2.05, 4.69) is 18.7 Å². The Bertz CT molecular complexity index is 1110. The van der Waals surface area contributed by atoms with Gasteiger partial charge in [0.2, 0.25) is 0 Å². The van der Waals surface area contributed by atoms with E-state index >= 15 is 0 Å². The van der Waals surface area contributed by atoms with E-state index in [1.807, 2.05) is 12.1 Å². The number of rotatable bonds is 6. The minimum atomic E-state index is -4.52. The number of piperidine rings is 2. The lowest BCUT2D eigenvalue weighted by Crippen LogP contribution is -2.53. The van der Waals surface area contributed by atoms with Crippen molar-refractivity contribution in [3.8, 4) is 5.75 Å². The molecule has 2 aliphatic heterocycles. The molecule has 0 radical (unpaired) electrons. The summed E-state index contributed by atoms with van der Waals surface area (Å²) in [6.07, 6.45) is 4.34. The molecule has 2 unspecified atom stereocenters. The Morgan fingerprint density at radius 1 is 1.05 bits per heavy atom. The third-order valence-electron chi connectivity index (χ3n) is 9.26. The molecule has 2 saturated heterocycles. The summed E-state index contributed by atoms with van der Waals surface area (Å²) in [5.74, 6) is -0.439. The SMILES string of the molecule is CC[C@H]1CC[C@@H](Oc2ccc3cc([C@H](C)N4C5CCCC4CC(C(=O)O)C5)ccc3c2C(F)(F)F)CC1. The number of hydrogen-bond donors (Lipinski definition) is 1. The van der Waals surface area contributed by atoms with Crippen LogP contribution in [0.1, 0.15) is 95.2 Å². The van der Waals surface area contributed by atoms with Crippen molar-refractivity contribution in [2.24, 2.45) is 11.8 Å². The highest BCUT2D eigenvalue weighted by Gasteiger charge is 2.43. The number of halogens is 3. The quantitative estimate of drug-likeness (QED) is 0.422. The third kappa shape index (κ3) is 5.34. The van der Waals surface area contributed by atoms with Gasteiger partial charge in [0.15, 0.2) is 0 Å². The number of nitrogens with zero attached hydrogens (tertiary/aromatic N) is 1. The topological polar surface area (TPSA) is 49.8 Å². The molecule has 0 amide bonds. The van der Waals surface area contributed by atoms with Gasteiger partial charge in [-0.2, -0.15) is 13.2 Å². The molecular formula is C30H38F3NO3. The summed E-state index contributed by atoms with van der Waals surface area (Å²) in [6, 6.07) is 8.96. The zero-order valence-electron chi connectivity index (χ0n) is 21.8. The van der Waals surface area contributed by atoms with Crippen LogP contribution in [0.3, 0.4) is 0 Å². The highest BCUT2D eigenvalue weighted by Crippen LogP contribution is 2.45. The molecule has 37 heavy (non-hydrogen) atoms. The average Bonchev–Trinajstić information content (AvgIpc) is 2.86. The monoisotopic (exact) mass is 517 g/mol. The van der Waals surface area contributed by atoms with Gasteiger partial charge in [-0.3, -0.25) is 9.69 Å².